The average molecular weight is 293 g/mol. The Balaban J connectivity index is 0.00000324. The Hall–Kier alpha value is -1.37. The maximum atomic E-state index is 12.6. The number of hydrogen-bond donors (Lipinski definition) is 3. The topological polar surface area (TPSA) is 84.6 Å². The number of halogens is 2. The molecule has 7 heteroatoms. The Kier molecular flexibility index (Phi) is 8.86. The third-order valence-corrected chi connectivity index (χ3v) is 2.16. The first-order valence-electron chi connectivity index (χ1n) is 5.65. The third-order valence-electron chi connectivity index (χ3n) is 2.16. The van der Waals surface area contributed by atoms with Crippen molar-refractivity contribution >= 4 is 18.3 Å². The molecule has 1 rings (SSSR count). The van der Waals surface area contributed by atoms with Crippen molar-refractivity contribution in [3.05, 3.63) is 30.1 Å². The summed E-state index contributed by atoms with van der Waals surface area (Å²) in [5.74, 6) is -0.0981. The van der Waals surface area contributed by atoms with Gasteiger partial charge in [-0.05, 0) is 24.3 Å². The van der Waals surface area contributed by atoms with Crippen LogP contribution in [0.4, 0.5) is 4.39 Å². The second-order valence-corrected chi connectivity index (χ2v) is 3.76. The molecule has 5 nitrogen and oxygen atoms in total. The number of benzene rings is 1. The van der Waals surface area contributed by atoms with Crippen molar-refractivity contribution in [2.45, 2.75) is 12.5 Å². The van der Waals surface area contributed by atoms with Gasteiger partial charge in [0.1, 0.15) is 24.3 Å². The molecule has 1 aromatic carbocycles. The van der Waals surface area contributed by atoms with Crippen LogP contribution in [-0.2, 0) is 4.79 Å². The zero-order valence-corrected chi connectivity index (χ0v) is 11.2. The first-order chi connectivity index (χ1) is 8.61. The summed E-state index contributed by atoms with van der Waals surface area (Å²) in [6, 6.07) is 5.47. The van der Waals surface area contributed by atoms with E-state index in [0.717, 1.165) is 0 Å². The molecule has 0 heterocycles. The third kappa shape index (κ3) is 7.61. The van der Waals surface area contributed by atoms with Crippen molar-refractivity contribution in [1.82, 2.24) is 5.32 Å². The highest BCUT2D eigenvalue weighted by atomic mass is 35.5. The maximum absolute atomic E-state index is 12.6. The number of aliphatic hydroxyl groups is 1. The summed E-state index contributed by atoms with van der Waals surface area (Å²) in [6.45, 7) is 0.391. The smallest absolute Gasteiger partial charge is 0.221 e. The van der Waals surface area contributed by atoms with Crippen LogP contribution in [0.25, 0.3) is 0 Å². The van der Waals surface area contributed by atoms with Gasteiger partial charge in [0.15, 0.2) is 0 Å². The summed E-state index contributed by atoms with van der Waals surface area (Å²) in [5, 5.41) is 12.1. The van der Waals surface area contributed by atoms with Gasteiger partial charge >= 0.3 is 0 Å². The van der Waals surface area contributed by atoms with Gasteiger partial charge in [-0.2, -0.15) is 0 Å². The number of carbonyl (C=O) groups is 1. The molecule has 0 aliphatic rings. The second kappa shape index (κ2) is 9.55. The number of carbonyl (C=O) groups excluding carboxylic acids is 1. The fraction of sp³-hybridized carbons (Fsp3) is 0.417. The Morgan fingerprint density at radius 3 is 2.63 bits per heavy atom. The summed E-state index contributed by atoms with van der Waals surface area (Å²) < 4.78 is 17.8. The molecule has 4 N–H and O–H groups in total. The van der Waals surface area contributed by atoms with Crippen molar-refractivity contribution < 1.29 is 19.0 Å². The van der Waals surface area contributed by atoms with E-state index in [4.69, 9.17) is 10.5 Å². The van der Waals surface area contributed by atoms with Crippen LogP contribution in [0.5, 0.6) is 5.75 Å². The van der Waals surface area contributed by atoms with E-state index < -0.39 is 6.10 Å². The van der Waals surface area contributed by atoms with Crippen molar-refractivity contribution in [2.75, 3.05) is 19.7 Å². The van der Waals surface area contributed by atoms with Gasteiger partial charge < -0.3 is 20.9 Å². The summed E-state index contributed by atoms with van der Waals surface area (Å²) in [5.41, 5.74) is 5.20. The van der Waals surface area contributed by atoms with Gasteiger partial charge in [-0.3, -0.25) is 4.79 Å². The van der Waals surface area contributed by atoms with E-state index >= 15 is 0 Å². The van der Waals surface area contributed by atoms with E-state index in [1.165, 1.54) is 24.3 Å². The summed E-state index contributed by atoms with van der Waals surface area (Å²) in [6.07, 6.45) is -0.595. The Labute approximate surface area is 117 Å². The fourth-order valence-electron chi connectivity index (χ4n) is 1.23. The van der Waals surface area contributed by atoms with Crippen molar-refractivity contribution in [2.24, 2.45) is 5.73 Å². The highest BCUT2D eigenvalue weighted by Gasteiger charge is 2.07. The minimum Gasteiger partial charge on any atom is -0.491 e. The lowest BCUT2D eigenvalue weighted by Gasteiger charge is -2.13. The molecule has 0 radical (unpaired) electrons. The molecule has 0 aromatic heterocycles. The zero-order valence-electron chi connectivity index (χ0n) is 10.3. The predicted octanol–water partition coefficient (Wildman–Crippen LogP) is 0.452. The minimum absolute atomic E-state index is 0. The Morgan fingerprint density at radius 2 is 2.05 bits per heavy atom. The van der Waals surface area contributed by atoms with Crippen LogP contribution in [-0.4, -0.2) is 36.8 Å². The van der Waals surface area contributed by atoms with Crippen LogP contribution >= 0.6 is 12.4 Å². The fourth-order valence-corrected chi connectivity index (χ4v) is 1.23. The van der Waals surface area contributed by atoms with Gasteiger partial charge in [-0.1, -0.05) is 0 Å². The summed E-state index contributed by atoms with van der Waals surface area (Å²) in [7, 11) is 0. The van der Waals surface area contributed by atoms with Crippen LogP contribution in [0.2, 0.25) is 0 Å². The predicted molar refractivity (Wildman–Crippen MR) is 71.8 cm³/mol. The zero-order chi connectivity index (χ0) is 13.4. The minimum atomic E-state index is -0.822. The highest BCUT2D eigenvalue weighted by Crippen LogP contribution is 2.11. The van der Waals surface area contributed by atoms with E-state index in [0.29, 0.717) is 5.75 Å². The SMILES string of the molecule is Cl.NCCC(=O)NCC(O)COc1ccc(F)cc1. The van der Waals surface area contributed by atoms with E-state index in [1.54, 1.807) is 0 Å². The molecule has 0 aliphatic carbocycles. The Morgan fingerprint density at radius 1 is 1.42 bits per heavy atom. The molecular weight excluding hydrogens is 275 g/mol. The van der Waals surface area contributed by atoms with E-state index in [2.05, 4.69) is 5.32 Å². The first-order valence-corrected chi connectivity index (χ1v) is 5.65. The molecule has 1 amide bonds. The standard InChI is InChI=1S/C12H17FN2O3.ClH/c13-9-1-3-11(4-2-9)18-8-10(16)7-15-12(17)5-6-14;/h1-4,10,16H,5-8,14H2,(H,15,17);1H. The van der Waals surface area contributed by atoms with E-state index in [-0.39, 0.29) is 50.2 Å². The number of aliphatic hydroxyl groups excluding tert-OH is 1. The van der Waals surface area contributed by atoms with Gasteiger partial charge in [0, 0.05) is 19.5 Å². The first kappa shape index (κ1) is 17.6. The van der Waals surface area contributed by atoms with Crippen LogP contribution in [0.15, 0.2) is 24.3 Å². The molecular formula is C12H18ClFN2O3. The molecule has 0 spiro atoms. The molecule has 1 aromatic rings. The van der Waals surface area contributed by atoms with Crippen molar-refractivity contribution in [1.29, 1.82) is 0 Å². The molecule has 19 heavy (non-hydrogen) atoms. The molecule has 0 aliphatic heterocycles. The van der Waals surface area contributed by atoms with Gasteiger partial charge in [-0.15, -0.1) is 12.4 Å². The lowest BCUT2D eigenvalue weighted by Crippen LogP contribution is -2.36. The number of nitrogens with one attached hydrogen (secondary N) is 1. The van der Waals surface area contributed by atoms with Gasteiger partial charge in [0.2, 0.25) is 5.91 Å². The Bertz CT molecular complexity index is 376. The van der Waals surface area contributed by atoms with Crippen LogP contribution < -0.4 is 15.8 Å². The van der Waals surface area contributed by atoms with Crippen molar-refractivity contribution in [3.8, 4) is 5.75 Å². The number of amides is 1. The van der Waals surface area contributed by atoms with Crippen LogP contribution in [0.3, 0.4) is 0 Å². The molecule has 0 fully saturated rings. The van der Waals surface area contributed by atoms with Gasteiger partial charge in [0.05, 0.1) is 0 Å². The monoisotopic (exact) mass is 292 g/mol. The second-order valence-electron chi connectivity index (χ2n) is 3.76. The number of ether oxygens (including phenoxy) is 1. The molecule has 0 saturated carbocycles. The van der Waals surface area contributed by atoms with Gasteiger partial charge in [0.25, 0.3) is 0 Å². The van der Waals surface area contributed by atoms with Crippen LogP contribution in [0, 0.1) is 5.82 Å². The molecule has 1 atom stereocenters. The summed E-state index contributed by atoms with van der Waals surface area (Å²) >= 11 is 0. The molecule has 0 bridgehead atoms. The number of hydrogen-bond acceptors (Lipinski definition) is 4. The molecule has 0 saturated heterocycles. The number of rotatable bonds is 7. The average Bonchev–Trinajstić information content (AvgIpc) is 2.36. The number of nitrogens with two attached hydrogens (primary N) is 1. The van der Waals surface area contributed by atoms with E-state index in [9.17, 15) is 14.3 Å². The van der Waals surface area contributed by atoms with Gasteiger partial charge in [-0.25, -0.2) is 4.39 Å². The molecule has 108 valence electrons. The van der Waals surface area contributed by atoms with Crippen LogP contribution in [0.1, 0.15) is 6.42 Å². The maximum Gasteiger partial charge on any atom is 0.221 e. The lowest BCUT2D eigenvalue weighted by molar-refractivity contribution is -0.121. The largest absolute Gasteiger partial charge is 0.491 e. The van der Waals surface area contributed by atoms with Crippen molar-refractivity contribution in [3.63, 3.8) is 0 Å². The normalized spacial score (nSPS) is 11.3. The highest BCUT2D eigenvalue weighted by molar-refractivity contribution is 5.85. The quantitative estimate of drug-likeness (QED) is 0.681. The summed E-state index contributed by atoms with van der Waals surface area (Å²) in [4.78, 5) is 11.1. The lowest BCUT2D eigenvalue weighted by atomic mass is 10.3. The molecule has 1 unspecified atom stereocenters. The van der Waals surface area contributed by atoms with E-state index in [1.807, 2.05) is 0 Å².